The molecule has 8 rings (SSSR count). The fourth-order valence-electron chi connectivity index (χ4n) is 7.02. The number of halogens is 2. The Morgan fingerprint density at radius 2 is 0.848 bits per heavy atom. The van der Waals surface area contributed by atoms with Crippen molar-refractivity contribution in [3.8, 4) is 28.6 Å². The number of hydrogen-bond donors (Lipinski definition) is 0. The summed E-state index contributed by atoms with van der Waals surface area (Å²) < 4.78 is 35.2. The number of nitriles is 1. The van der Waals surface area contributed by atoms with E-state index < -0.39 is 11.6 Å². The van der Waals surface area contributed by atoms with Crippen LogP contribution < -0.4 is 0 Å². The molecule has 0 saturated carbocycles. The summed E-state index contributed by atoms with van der Waals surface area (Å²) in [6, 6.07) is 35.0. The Labute approximate surface area is 265 Å². The van der Waals surface area contributed by atoms with Gasteiger partial charge in [0.1, 0.15) is 23.3 Å². The van der Waals surface area contributed by atoms with Crippen LogP contribution in [-0.2, 0) is 0 Å². The third-order valence-corrected chi connectivity index (χ3v) is 9.09. The molecular weight excluding hydrogens is 572 g/mol. The van der Waals surface area contributed by atoms with Gasteiger partial charge >= 0.3 is 0 Å². The van der Waals surface area contributed by atoms with Crippen LogP contribution in [0.25, 0.3) is 66.1 Å². The third kappa shape index (κ3) is 4.07. The first-order valence-electron chi connectivity index (χ1n) is 15.3. The van der Waals surface area contributed by atoms with Crippen LogP contribution >= 0.6 is 0 Å². The lowest BCUT2D eigenvalue weighted by atomic mass is 9.99. The van der Waals surface area contributed by atoms with Gasteiger partial charge in [-0.1, -0.05) is 52.6 Å². The van der Waals surface area contributed by atoms with Crippen LogP contribution in [0, 0.1) is 50.7 Å². The van der Waals surface area contributed by atoms with E-state index in [0.717, 1.165) is 65.9 Å². The van der Waals surface area contributed by atoms with Gasteiger partial charge < -0.3 is 9.13 Å². The van der Waals surface area contributed by atoms with Crippen LogP contribution in [0.1, 0.15) is 27.8 Å². The van der Waals surface area contributed by atoms with Crippen molar-refractivity contribution in [1.29, 1.82) is 5.26 Å². The van der Waals surface area contributed by atoms with Gasteiger partial charge in [0, 0.05) is 21.5 Å². The Kier molecular flexibility index (Phi) is 6.13. The van der Waals surface area contributed by atoms with Crippen LogP contribution in [0.5, 0.6) is 0 Å². The molecule has 0 amide bonds. The second-order valence-corrected chi connectivity index (χ2v) is 12.4. The molecule has 0 saturated heterocycles. The average Bonchev–Trinajstić information content (AvgIpc) is 3.51. The van der Waals surface area contributed by atoms with Gasteiger partial charge in [0.05, 0.1) is 39.0 Å². The van der Waals surface area contributed by atoms with E-state index in [9.17, 15) is 5.26 Å². The van der Waals surface area contributed by atoms with Gasteiger partial charge in [0.25, 0.3) is 0 Å². The van der Waals surface area contributed by atoms with Crippen molar-refractivity contribution in [2.75, 3.05) is 0 Å². The molecular formula is C41H29F2N3. The number of aryl methyl sites for hydroxylation is 4. The maximum atomic E-state index is 15.5. The molecule has 0 aliphatic rings. The van der Waals surface area contributed by atoms with Crippen molar-refractivity contribution in [3.63, 3.8) is 0 Å². The molecule has 222 valence electrons. The summed E-state index contributed by atoms with van der Waals surface area (Å²) in [7, 11) is 0. The van der Waals surface area contributed by atoms with E-state index in [0.29, 0.717) is 22.5 Å². The minimum absolute atomic E-state index is 0.130. The number of benzene rings is 6. The minimum Gasteiger partial charge on any atom is -0.308 e. The molecule has 0 unspecified atom stereocenters. The molecule has 46 heavy (non-hydrogen) atoms. The van der Waals surface area contributed by atoms with Crippen molar-refractivity contribution in [1.82, 2.24) is 9.13 Å². The highest BCUT2D eigenvalue weighted by molar-refractivity contribution is 6.11. The normalized spacial score (nSPS) is 11.7. The van der Waals surface area contributed by atoms with Crippen LogP contribution in [0.2, 0.25) is 0 Å². The number of rotatable bonds is 3. The molecule has 0 spiro atoms. The Bertz CT molecular complexity index is 2330. The zero-order chi connectivity index (χ0) is 31.9. The molecule has 0 radical (unpaired) electrons. The number of aromatic nitrogens is 2. The molecule has 0 N–H and O–H groups in total. The lowest BCUT2D eigenvalue weighted by Crippen LogP contribution is -2.06. The fourth-order valence-corrected chi connectivity index (χ4v) is 7.02. The Morgan fingerprint density at radius 1 is 0.500 bits per heavy atom. The zero-order valence-electron chi connectivity index (χ0n) is 25.9. The maximum Gasteiger partial charge on any atom is 0.133 e. The number of nitrogens with zero attached hydrogens (tertiary/aromatic N) is 3. The van der Waals surface area contributed by atoms with Gasteiger partial charge in [-0.2, -0.15) is 5.26 Å². The van der Waals surface area contributed by atoms with E-state index in [1.807, 2.05) is 0 Å². The summed E-state index contributed by atoms with van der Waals surface area (Å²) in [6.45, 7) is 8.24. The van der Waals surface area contributed by atoms with E-state index in [1.54, 1.807) is 12.1 Å². The second kappa shape index (κ2) is 10.2. The van der Waals surface area contributed by atoms with Gasteiger partial charge in [-0.3, -0.25) is 0 Å². The topological polar surface area (TPSA) is 33.6 Å². The lowest BCUT2D eigenvalue weighted by Gasteiger charge is -2.19. The zero-order valence-corrected chi connectivity index (χ0v) is 25.9. The van der Waals surface area contributed by atoms with Crippen LogP contribution in [0.4, 0.5) is 8.78 Å². The molecule has 0 bridgehead atoms. The fraction of sp³-hybridized carbons (Fsp3) is 0.0976. The maximum absolute atomic E-state index is 15.5. The number of fused-ring (bicyclic) bond motifs is 6. The monoisotopic (exact) mass is 601 g/mol. The minimum atomic E-state index is -0.663. The highest BCUT2D eigenvalue weighted by Gasteiger charge is 2.24. The van der Waals surface area contributed by atoms with Gasteiger partial charge in [-0.25, -0.2) is 8.78 Å². The van der Waals surface area contributed by atoms with Crippen molar-refractivity contribution in [2.24, 2.45) is 0 Å². The summed E-state index contributed by atoms with van der Waals surface area (Å²) in [5.41, 5.74) is 9.85. The molecule has 8 aromatic rings. The second-order valence-electron chi connectivity index (χ2n) is 12.4. The average molecular weight is 602 g/mol. The molecule has 0 aliphatic heterocycles. The first kappa shape index (κ1) is 27.8. The summed E-state index contributed by atoms with van der Waals surface area (Å²) in [6.07, 6.45) is 0. The van der Waals surface area contributed by atoms with Crippen molar-refractivity contribution in [2.45, 2.75) is 27.7 Å². The van der Waals surface area contributed by atoms with Crippen LogP contribution in [0.3, 0.4) is 0 Å². The molecule has 5 heteroatoms. The van der Waals surface area contributed by atoms with E-state index in [1.165, 1.54) is 18.2 Å². The standard InChI is InChI=1S/C41H29F2N3/c1-23-8-12-35-28(16-23)29-17-24(2)9-13-36(29)45(35)39-20-27(41-33(42)6-5-7-34(41)43)21-40(32(39)22-44)46-37-14-10-25(3)18-30(37)31-19-26(4)11-15-38(31)46/h5-21H,1-4H3. The SMILES string of the molecule is Cc1ccc2c(c1)c1cc(C)ccc1n2-c1cc(-c2c(F)cccc2F)cc(-n2c3ccc(C)cc3c3cc(C)ccc32)c1C#N. The quantitative estimate of drug-likeness (QED) is 0.198. The Balaban J connectivity index is 1.59. The largest absolute Gasteiger partial charge is 0.308 e. The predicted octanol–water partition coefficient (Wildman–Crippen LogP) is 10.9. The summed E-state index contributed by atoms with van der Waals surface area (Å²) in [5, 5.41) is 15.2. The van der Waals surface area contributed by atoms with Crippen molar-refractivity contribution >= 4 is 43.6 Å². The molecule has 0 atom stereocenters. The van der Waals surface area contributed by atoms with E-state index in [-0.39, 0.29) is 5.56 Å². The Hall–Kier alpha value is -5.73. The van der Waals surface area contributed by atoms with Gasteiger partial charge in [0.15, 0.2) is 0 Å². The van der Waals surface area contributed by atoms with Crippen LogP contribution in [0.15, 0.2) is 103 Å². The van der Waals surface area contributed by atoms with E-state index in [2.05, 4.69) is 116 Å². The van der Waals surface area contributed by atoms with E-state index >= 15 is 8.78 Å². The summed E-state index contributed by atoms with van der Waals surface area (Å²) >= 11 is 0. The first-order valence-corrected chi connectivity index (χ1v) is 15.3. The van der Waals surface area contributed by atoms with Gasteiger partial charge in [-0.05, 0) is 106 Å². The number of hydrogen-bond acceptors (Lipinski definition) is 1. The molecule has 0 aliphatic carbocycles. The van der Waals surface area contributed by atoms with Crippen molar-refractivity contribution in [3.05, 3.63) is 143 Å². The van der Waals surface area contributed by atoms with Crippen molar-refractivity contribution < 1.29 is 8.78 Å². The van der Waals surface area contributed by atoms with Gasteiger partial charge in [0.2, 0.25) is 0 Å². The van der Waals surface area contributed by atoms with Crippen LogP contribution in [-0.4, -0.2) is 9.13 Å². The molecule has 3 nitrogen and oxygen atoms in total. The molecule has 2 aromatic heterocycles. The predicted molar refractivity (Wildman–Crippen MR) is 184 cm³/mol. The molecule has 0 fully saturated rings. The summed E-state index contributed by atoms with van der Waals surface area (Å²) in [5.74, 6) is -1.33. The Morgan fingerprint density at radius 3 is 1.17 bits per heavy atom. The highest BCUT2D eigenvalue weighted by atomic mass is 19.1. The van der Waals surface area contributed by atoms with E-state index in [4.69, 9.17) is 0 Å². The highest BCUT2D eigenvalue weighted by Crippen LogP contribution is 2.41. The smallest absolute Gasteiger partial charge is 0.133 e. The summed E-state index contributed by atoms with van der Waals surface area (Å²) in [4.78, 5) is 0. The lowest BCUT2D eigenvalue weighted by molar-refractivity contribution is 0.589. The molecule has 6 aromatic carbocycles. The van der Waals surface area contributed by atoms with Gasteiger partial charge in [-0.15, -0.1) is 0 Å². The molecule has 2 heterocycles. The third-order valence-electron chi connectivity index (χ3n) is 9.09. The first-order chi connectivity index (χ1) is 22.2.